The highest BCUT2D eigenvalue weighted by atomic mass is 32.1. The number of nitrogens with zero attached hydrogens (tertiary/aromatic N) is 2. The van der Waals surface area contributed by atoms with Crippen molar-refractivity contribution in [3.05, 3.63) is 76.0 Å². The number of anilines is 1. The van der Waals surface area contributed by atoms with E-state index in [4.69, 9.17) is 0 Å². The van der Waals surface area contributed by atoms with Crippen LogP contribution >= 0.6 is 11.3 Å². The molecule has 26 heavy (non-hydrogen) atoms. The fraction of sp³-hybridized carbons (Fsp3) is 0.0526. The van der Waals surface area contributed by atoms with Crippen LogP contribution in [0, 0.1) is 10.1 Å². The van der Waals surface area contributed by atoms with Crippen molar-refractivity contribution < 1.29 is 9.72 Å². The zero-order chi connectivity index (χ0) is 18.5. The van der Waals surface area contributed by atoms with Crippen LogP contribution < -0.4 is 5.32 Å². The average molecular weight is 365 g/mol. The number of amides is 1. The molecule has 0 aliphatic rings. The second-order valence-corrected chi connectivity index (χ2v) is 6.46. The smallest absolute Gasteiger partial charge is 0.269 e. The Labute approximate surface area is 154 Å². The van der Waals surface area contributed by atoms with E-state index in [-0.39, 0.29) is 11.6 Å². The van der Waals surface area contributed by atoms with E-state index >= 15 is 0 Å². The third-order valence-electron chi connectivity index (χ3n) is 3.51. The van der Waals surface area contributed by atoms with Gasteiger partial charge in [-0.05, 0) is 29.3 Å². The second-order valence-electron chi connectivity index (χ2n) is 5.46. The summed E-state index contributed by atoms with van der Waals surface area (Å²) in [5, 5.41) is 14.0. The molecule has 1 heterocycles. The van der Waals surface area contributed by atoms with Crippen LogP contribution in [0.5, 0.6) is 0 Å². The Hall–Kier alpha value is -3.32. The van der Waals surface area contributed by atoms with Crippen LogP contribution in [-0.2, 0) is 4.79 Å². The van der Waals surface area contributed by atoms with E-state index < -0.39 is 4.92 Å². The Bertz CT molecular complexity index is 963. The molecule has 0 spiro atoms. The molecule has 7 heteroatoms. The Morgan fingerprint density at radius 1 is 1.12 bits per heavy atom. The van der Waals surface area contributed by atoms with Gasteiger partial charge in [0, 0.05) is 19.1 Å². The molecule has 3 aromatic rings. The summed E-state index contributed by atoms with van der Waals surface area (Å²) >= 11 is 1.40. The number of rotatable bonds is 5. The summed E-state index contributed by atoms with van der Waals surface area (Å²) < 4.78 is 0. The first-order valence-electron chi connectivity index (χ1n) is 7.79. The van der Waals surface area contributed by atoms with Crippen LogP contribution in [0.4, 0.5) is 10.8 Å². The van der Waals surface area contributed by atoms with Crippen molar-refractivity contribution in [1.29, 1.82) is 0 Å². The number of benzene rings is 2. The van der Waals surface area contributed by atoms with Gasteiger partial charge in [0.2, 0.25) is 5.91 Å². The molecule has 0 bridgehead atoms. The fourth-order valence-electron chi connectivity index (χ4n) is 2.33. The maximum atomic E-state index is 11.3. The van der Waals surface area contributed by atoms with Crippen LogP contribution in [0.25, 0.3) is 22.6 Å². The summed E-state index contributed by atoms with van der Waals surface area (Å²) in [7, 11) is 0. The minimum atomic E-state index is -0.429. The summed E-state index contributed by atoms with van der Waals surface area (Å²) in [5.41, 5.74) is 2.60. The van der Waals surface area contributed by atoms with Gasteiger partial charge in [0.1, 0.15) is 0 Å². The summed E-state index contributed by atoms with van der Waals surface area (Å²) in [6.45, 7) is 1.44. The predicted octanol–water partition coefficient (Wildman–Crippen LogP) is 4.85. The lowest BCUT2D eigenvalue weighted by molar-refractivity contribution is -0.384. The zero-order valence-electron chi connectivity index (χ0n) is 13.9. The zero-order valence-corrected chi connectivity index (χ0v) is 14.7. The molecule has 0 fully saturated rings. The average Bonchev–Trinajstić information content (AvgIpc) is 3.03. The Balaban J connectivity index is 1.93. The molecule has 1 N–H and O–H groups in total. The number of carbonyl (C=O) groups excluding carboxylic acids is 1. The number of non-ortho nitro benzene ring substituents is 1. The van der Waals surface area contributed by atoms with Gasteiger partial charge >= 0.3 is 0 Å². The molecule has 1 amide bonds. The molecule has 0 saturated heterocycles. The monoisotopic (exact) mass is 365 g/mol. The van der Waals surface area contributed by atoms with Crippen molar-refractivity contribution in [2.75, 3.05) is 5.32 Å². The molecule has 0 aliphatic carbocycles. The first-order chi connectivity index (χ1) is 12.5. The van der Waals surface area contributed by atoms with Gasteiger partial charge in [0.15, 0.2) is 5.13 Å². The molecule has 0 saturated carbocycles. The van der Waals surface area contributed by atoms with Crippen LogP contribution in [0.15, 0.2) is 54.6 Å². The number of nitrogens with one attached hydrogen (secondary N) is 1. The third kappa shape index (κ3) is 4.20. The van der Waals surface area contributed by atoms with E-state index in [9.17, 15) is 14.9 Å². The lowest BCUT2D eigenvalue weighted by Crippen LogP contribution is -2.04. The Kier molecular flexibility index (Phi) is 5.19. The number of nitro benzene ring substituents is 1. The van der Waals surface area contributed by atoms with Gasteiger partial charge in [-0.15, -0.1) is 0 Å². The molecule has 1 aromatic heterocycles. The summed E-state index contributed by atoms with van der Waals surface area (Å²) in [6, 6.07) is 16.1. The maximum Gasteiger partial charge on any atom is 0.269 e. The van der Waals surface area contributed by atoms with Gasteiger partial charge in [0.25, 0.3) is 5.69 Å². The lowest BCUT2D eigenvalue weighted by atomic mass is 10.1. The van der Waals surface area contributed by atoms with Crippen LogP contribution in [0.3, 0.4) is 0 Å². The minimum absolute atomic E-state index is 0.0497. The molecular weight excluding hydrogens is 350 g/mol. The molecule has 6 nitrogen and oxygen atoms in total. The number of hydrogen-bond donors (Lipinski definition) is 1. The summed E-state index contributed by atoms with van der Waals surface area (Å²) in [6.07, 6.45) is 3.67. The molecule has 0 unspecified atom stereocenters. The van der Waals surface area contributed by atoms with Crippen LogP contribution in [-0.4, -0.2) is 15.8 Å². The van der Waals surface area contributed by atoms with Crippen molar-refractivity contribution >= 4 is 40.2 Å². The molecule has 3 rings (SSSR count). The first kappa shape index (κ1) is 17.5. The molecule has 130 valence electrons. The van der Waals surface area contributed by atoms with E-state index in [0.29, 0.717) is 5.13 Å². The van der Waals surface area contributed by atoms with Gasteiger partial charge in [0.05, 0.1) is 15.5 Å². The third-order valence-corrected chi connectivity index (χ3v) is 4.55. The maximum absolute atomic E-state index is 11.3. The summed E-state index contributed by atoms with van der Waals surface area (Å²) in [5.74, 6) is -0.177. The van der Waals surface area contributed by atoms with E-state index in [1.807, 2.05) is 42.5 Å². The van der Waals surface area contributed by atoms with E-state index in [0.717, 1.165) is 21.7 Å². The minimum Gasteiger partial charge on any atom is -0.302 e. The van der Waals surface area contributed by atoms with Crippen molar-refractivity contribution in [2.24, 2.45) is 0 Å². The molecule has 0 radical (unpaired) electrons. The molecule has 0 aliphatic heterocycles. The Morgan fingerprint density at radius 3 is 2.42 bits per heavy atom. The number of thiazole rings is 1. The van der Waals surface area contributed by atoms with E-state index in [1.165, 1.54) is 30.4 Å². The highest BCUT2D eigenvalue weighted by molar-refractivity contribution is 7.19. The van der Waals surface area contributed by atoms with Crippen molar-refractivity contribution in [3.8, 4) is 10.4 Å². The van der Waals surface area contributed by atoms with Crippen molar-refractivity contribution in [1.82, 2.24) is 4.98 Å². The molecule has 2 aromatic carbocycles. The van der Waals surface area contributed by atoms with Crippen LogP contribution in [0.1, 0.15) is 18.2 Å². The fourth-order valence-corrected chi connectivity index (χ4v) is 3.33. The van der Waals surface area contributed by atoms with Gasteiger partial charge in [-0.3, -0.25) is 14.9 Å². The van der Waals surface area contributed by atoms with E-state index in [1.54, 1.807) is 12.1 Å². The second kappa shape index (κ2) is 7.71. The number of nitro groups is 1. The van der Waals surface area contributed by atoms with Crippen molar-refractivity contribution in [3.63, 3.8) is 0 Å². The quantitative estimate of drug-likeness (QED) is 0.517. The normalized spacial score (nSPS) is 10.8. The molecule has 0 atom stereocenters. The summed E-state index contributed by atoms with van der Waals surface area (Å²) in [4.78, 5) is 27.0. The van der Waals surface area contributed by atoms with Crippen LogP contribution in [0.2, 0.25) is 0 Å². The Morgan fingerprint density at radius 2 is 1.81 bits per heavy atom. The number of hydrogen-bond acceptors (Lipinski definition) is 5. The van der Waals surface area contributed by atoms with Gasteiger partial charge in [-0.1, -0.05) is 47.7 Å². The van der Waals surface area contributed by atoms with Gasteiger partial charge < -0.3 is 5.32 Å². The molecular formula is C19H15N3O3S. The van der Waals surface area contributed by atoms with E-state index in [2.05, 4.69) is 10.3 Å². The topological polar surface area (TPSA) is 85.1 Å². The highest BCUT2D eigenvalue weighted by Gasteiger charge is 2.12. The largest absolute Gasteiger partial charge is 0.302 e. The standard InChI is InChI=1S/C19H15N3O3S/c1-13(23)20-19-21-17(18(26-19)15-5-3-2-4-6-15)12-9-14-7-10-16(11-8-14)22(24)25/h2-12H,1H3,(H,20,21,23)/b12-9+. The number of carbonyl (C=O) groups is 1. The lowest BCUT2D eigenvalue weighted by Gasteiger charge is -1.98. The van der Waals surface area contributed by atoms with Crippen molar-refractivity contribution in [2.45, 2.75) is 6.92 Å². The number of aromatic nitrogens is 1. The first-order valence-corrected chi connectivity index (χ1v) is 8.61. The highest BCUT2D eigenvalue weighted by Crippen LogP contribution is 2.34. The predicted molar refractivity (Wildman–Crippen MR) is 104 cm³/mol. The van der Waals surface area contributed by atoms with Gasteiger partial charge in [-0.2, -0.15) is 0 Å². The van der Waals surface area contributed by atoms with Gasteiger partial charge in [-0.25, -0.2) is 4.98 Å². The SMILES string of the molecule is CC(=O)Nc1nc(/C=C/c2ccc([N+](=O)[O-])cc2)c(-c2ccccc2)s1.